The lowest BCUT2D eigenvalue weighted by Crippen LogP contribution is -2.38. The zero-order valence-corrected chi connectivity index (χ0v) is 8.92. The summed E-state index contributed by atoms with van der Waals surface area (Å²) in [6.45, 7) is 0. The van der Waals surface area contributed by atoms with E-state index in [0.717, 1.165) is 0 Å². The highest BCUT2D eigenvalue weighted by Gasteiger charge is 2.30. The van der Waals surface area contributed by atoms with Gasteiger partial charge in [-0.3, -0.25) is 4.79 Å². The smallest absolute Gasteiger partial charge is 0.343 e. The number of nitrogens with zero attached hydrogens (tertiary/aromatic N) is 1. The summed E-state index contributed by atoms with van der Waals surface area (Å²) in [5.41, 5.74) is -0.322. The molecule has 0 spiro atoms. The Bertz CT molecular complexity index is 459. The summed E-state index contributed by atoms with van der Waals surface area (Å²) in [6.07, 6.45) is 2.42. The van der Waals surface area contributed by atoms with Crippen LogP contribution < -0.4 is 5.56 Å². The fraction of sp³-hybridized carbons (Fsp3) is 0.455. The summed E-state index contributed by atoms with van der Waals surface area (Å²) in [4.78, 5) is 23.2. The van der Waals surface area contributed by atoms with Crippen LogP contribution in [0.2, 0.25) is 0 Å². The highest BCUT2D eigenvalue weighted by Crippen LogP contribution is 2.30. The maximum Gasteiger partial charge on any atom is 0.343 e. The van der Waals surface area contributed by atoms with Crippen molar-refractivity contribution in [1.29, 1.82) is 0 Å². The van der Waals surface area contributed by atoms with Crippen LogP contribution in [0.3, 0.4) is 0 Å². The Kier molecular flexibility index (Phi) is 2.78. The monoisotopic (exact) mass is 223 g/mol. The van der Waals surface area contributed by atoms with Crippen LogP contribution in [-0.2, 0) is 4.74 Å². The van der Waals surface area contributed by atoms with E-state index in [1.54, 1.807) is 12.3 Å². The molecule has 0 aliphatic heterocycles. The van der Waals surface area contributed by atoms with Crippen molar-refractivity contribution in [3.63, 3.8) is 0 Å². The van der Waals surface area contributed by atoms with Crippen LogP contribution in [-0.4, -0.2) is 28.9 Å². The van der Waals surface area contributed by atoms with Crippen molar-refractivity contribution in [3.05, 3.63) is 34.2 Å². The molecular formula is C11H13NO4. The first-order valence-electron chi connectivity index (χ1n) is 5.11. The van der Waals surface area contributed by atoms with Crippen molar-refractivity contribution in [2.24, 2.45) is 0 Å². The predicted octanol–water partition coefficient (Wildman–Crippen LogP) is 0.331. The van der Waals surface area contributed by atoms with Crippen LogP contribution in [0.1, 0.15) is 29.2 Å². The second-order valence-corrected chi connectivity index (χ2v) is 3.90. The summed E-state index contributed by atoms with van der Waals surface area (Å²) in [5.74, 6) is -0.626. The third-order valence-electron chi connectivity index (χ3n) is 2.86. The lowest BCUT2D eigenvalue weighted by atomic mass is 9.89. The molecule has 1 aromatic rings. The predicted molar refractivity (Wildman–Crippen MR) is 56.3 cm³/mol. The largest absolute Gasteiger partial charge is 0.465 e. The van der Waals surface area contributed by atoms with E-state index in [0.29, 0.717) is 12.8 Å². The molecule has 0 amide bonds. The standard InChI is InChI=1S/C11H13NO4/c1-16-11(15)9-3-2-4-12(10(9)14)7-5-8(13)6-7/h2-4,7-8,13H,5-6H2,1H3/t7-,8-. The van der Waals surface area contributed by atoms with Crippen LogP contribution >= 0.6 is 0 Å². The maximum atomic E-state index is 11.9. The number of aliphatic hydroxyl groups excluding tert-OH is 1. The van der Waals surface area contributed by atoms with Gasteiger partial charge in [0.05, 0.1) is 13.2 Å². The van der Waals surface area contributed by atoms with E-state index in [4.69, 9.17) is 0 Å². The van der Waals surface area contributed by atoms with E-state index >= 15 is 0 Å². The molecule has 1 aliphatic carbocycles. The molecule has 5 nitrogen and oxygen atoms in total. The van der Waals surface area contributed by atoms with Gasteiger partial charge in [0.2, 0.25) is 0 Å². The third kappa shape index (κ3) is 1.74. The van der Waals surface area contributed by atoms with Crippen molar-refractivity contribution in [2.75, 3.05) is 7.11 Å². The molecule has 1 aromatic heterocycles. The molecule has 16 heavy (non-hydrogen) atoms. The molecule has 2 rings (SSSR count). The molecule has 0 aromatic carbocycles. The summed E-state index contributed by atoms with van der Waals surface area (Å²) in [6, 6.07) is 3.07. The number of ether oxygens (including phenoxy) is 1. The average Bonchev–Trinajstić information content (AvgIpc) is 2.25. The summed E-state index contributed by atoms with van der Waals surface area (Å²) in [7, 11) is 1.24. The molecule has 0 saturated heterocycles. The number of carbonyl (C=O) groups is 1. The van der Waals surface area contributed by atoms with Crippen molar-refractivity contribution >= 4 is 5.97 Å². The van der Waals surface area contributed by atoms with Gasteiger partial charge in [0.25, 0.3) is 5.56 Å². The lowest BCUT2D eigenvalue weighted by molar-refractivity contribution is 0.0465. The minimum atomic E-state index is -0.626. The number of hydrogen-bond acceptors (Lipinski definition) is 4. The van der Waals surface area contributed by atoms with Gasteiger partial charge in [-0.25, -0.2) is 4.79 Å². The molecule has 1 heterocycles. The Balaban J connectivity index is 2.34. The fourth-order valence-electron chi connectivity index (χ4n) is 1.85. The number of esters is 1. The zero-order chi connectivity index (χ0) is 11.7. The van der Waals surface area contributed by atoms with E-state index < -0.39 is 5.97 Å². The van der Waals surface area contributed by atoms with Gasteiger partial charge < -0.3 is 14.4 Å². The Morgan fingerprint density at radius 2 is 2.25 bits per heavy atom. The van der Waals surface area contributed by atoms with Gasteiger partial charge in [0.1, 0.15) is 5.56 Å². The molecule has 5 heteroatoms. The first-order chi connectivity index (χ1) is 7.63. The number of hydrogen-bond donors (Lipinski definition) is 1. The summed E-state index contributed by atoms with van der Waals surface area (Å²) >= 11 is 0. The average molecular weight is 223 g/mol. The second-order valence-electron chi connectivity index (χ2n) is 3.90. The van der Waals surface area contributed by atoms with Gasteiger partial charge in [-0.2, -0.15) is 0 Å². The van der Waals surface area contributed by atoms with E-state index in [1.165, 1.54) is 17.7 Å². The number of pyridine rings is 1. The van der Waals surface area contributed by atoms with E-state index in [2.05, 4.69) is 4.74 Å². The molecule has 86 valence electrons. The quantitative estimate of drug-likeness (QED) is 0.734. The van der Waals surface area contributed by atoms with E-state index in [9.17, 15) is 14.7 Å². The van der Waals surface area contributed by atoms with Gasteiger partial charge in [-0.15, -0.1) is 0 Å². The first kappa shape index (κ1) is 10.9. The lowest BCUT2D eigenvalue weighted by Gasteiger charge is -2.32. The van der Waals surface area contributed by atoms with E-state index in [-0.39, 0.29) is 23.3 Å². The number of aliphatic hydroxyl groups is 1. The highest BCUT2D eigenvalue weighted by molar-refractivity contribution is 5.88. The Labute approximate surface area is 92.3 Å². The Morgan fingerprint density at radius 3 is 2.81 bits per heavy atom. The van der Waals surface area contributed by atoms with Gasteiger partial charge in [-0.1, -0.05) is 0 Å². The van der Waals surface area contributed by atoms with Crippen molar-refractivity contribution < 1.29 is 14.6 Å². The van der Waals surface area contributed by atoms with Gasteiger partial charge in [0, 0.05) is 12.2 Å². The third-order valence-corrected chi connectivity index (χ3v) is 2.86. The molecule has 0 bridgehead atoms. The van der Waals surface area contributed by atoms with Gasteiger partial charge in [0.15, 0.2) is 0 Å². The minimum absolute atomic E-state index is 0.00731. The van der Waals surface area contributed by atoms with Crippen LogP contribution in [0.25, 0.3) is 0 Å². The summed E-state index contributed by atoms with van der Waals surface area (Å²) < 4.78 is 6.01. The minimum Gasteiger partial charge on any atom is -0.465 e. The van der Waals surface area contributed by atoms with Crippen molar-refractivity contribution in [3.8, 4) is 0 Å². The van der Waals surface area contributed by atoms with Gasteiger partial charge >= 0.3 is 5.97 Å². The topological polar surface area (TPSA) is 68.5 Å². The Hall–Kier alpha value is -1.62. The number of aromatic nitrogens is 1. The molecule has 0 radical (unpaired) electrons. The first-order valence-corrected chi connectivity index (χ1v) is 5.11. The highest BCUT2D eigenvalue weighted by atomic mass is 16.5. The van der Waals surface area contributed by atoms with Crippen LogP contribution in [0.4, 0.5) is 0 Å². The molecule has 0 unspecified atom stereocenters. The fourth-order valence-corrected chi connectivity index (χ4v) is 1.85. The van der Waals surface area contributed by atoms with Crippen LogP contribution in [0, 0.1) is 0 Å². The molecule has 1 N–H and O–H groups in total. The SMILES string of the molecule is COC(=O)c1cccn([C@H]2C[C@H](O)C2)c1=O. The second kappa shape index (κ2) is 4.09. The number of rotatable bonds is 2. The van der Waals surface area contributed by atoms with Gasteiger partial charge in [-0.05, 0) is 25.0 Å². The van der Waals surface area contributed by atoms with Crippen molar-refractivity contribution in [2.45, 2.75) is 25.0 Å². The maximum absolute atomic E-state index is 11.9. The van der Waals surface area contributed by atoms with Crippen LogP contribution in [0.15, 0.2) is 23.1 Å². The molecule has 1 saturated carbocycles. The molecule has 1 aliphatic rings. The zero-order valence-electron chi connectivity index (χ0n) is 8.92. The molecular weight excluding hydrogens is 210 g/mol. The van der Waals surface area contributed by atoms with Crippen molar-refractivity contribution in [1.82, 2.24) is 4.57 Å². The molecule has 0 atom stereocenters. The van der Waals surface area contributed by atoms with Crippen LogP contribution in [0.5, 0.6) is 0 Å². The Morgan fingerprint density at radius 1 is 1.56 bits per heavy atom. The normalized spacial score (nSPS) is 23.6. The molecule has 1 fully saturated rings. The number of methoxy groups -OCH3 is 1. The number of carbonyl (C=O) groups excluding carboxylic acids is 1. The van der Waals surface area contributed by atoms with E-state index in [1.807, 2.05) is 0 Å². The summed E-state index contributed by atoms with van der Waals surface area (Å²) in [5, 5.41) is 9.19.